The summed E-state index contributed by atoms with van der Waals surface area (Å²) in [6.45, 7) is 11.5. The van der Waals surface area contributed by atoms with E-state index in [1.54, 1.807) is 37.5 Å². The summed E-state index contributed by atoms with van der Waals surface area (Å²) in [4.78, 5) is 60.1. The lowest BCUT2D eigenvalue weighted by Gasteiger charge is -2.17. The van der Waals surface area contributed by atoms with Crippen molar-refractivity contribution >= 4 is 23.6 Å². The highest BCUT2D eigenvalue weighted by Gasteiger charge is 2.23. The number of hydrogen-bond acceptors (Lipinski definition) is 6. The van der Waals surface area contributed by atoms with Gasteiger partial charge in [-0.3, -0.25) is 29.4 Å². The molecule has 0 radical (unpaired) electrons. The average molecular weight is 844 g/mol. The maximum Gasteiger partial charge on any atom is 0.253 e. The molecule has 0 atom stereocenters. The Bertz CT molecular complexity index is 2600. The van der Waals surface area contributed by atoms with Gasteiger partial charge in [0.15, 0.2) is 0 Å². The Labute approximate surface area is 369 Å². The summed E-state index contributed by atoms with van der Waals surface area (Å²) in [5.74, 6) is -0.516. The fraction of sp³-hybridized carbons (Fsp3) is 0.269. The van der Waals surface area contributed by atoms with Gasteiger partial charge in [-0.25, -0.2) is 0 Å². The summed E-state index contributed by atoms with van der Waals surface area (Å²) in [6.07, 6.45) is 7.42. The molecule has 2 aromatic heterocycles. The minimum Gasteiger partial charge on any atom is -0.348 e. The van der Waals surface area contributed by atoms with Gasteiger partial charge in [0.25, 0.3) is 23.6 Å². The lowest BCUT2D eigenvalue weighted by molar-refractivity contribution is -0.909. The predicted molar refractivity (Wildman–Crippen MR) is 243 cm³/mol. The van der Waals surface area contributed by atoms with E-state index in [1.165, 1.54) is 0 Å². The number of carbonyl (C=O) groups excluding carboxylic acids is 4. The van der Waals surface area contributed by atoms with Crippen molar-refractivity contribution in [2.45, 2.75) is 66.5 Å². The number of aryl methyl sites for hydroxylation is 4. The van der Waals surface area contributed by atoms with Crippen LogP contribution < -0.4 is 15.4 Å². The van der Waals surface area contributed by atoms with Gasteiger partial charge in [-0.15, -0.1) is 0 Å². The molecule has 0 bridgehead atoms. The molecule has 2 aliphatic heterocycles. The number of benzene rings is 4. The Hall–Kier alpha value is -7.14. The number of nitrogens with zero attached hydrogens (tertiary/aromatic N) is 4. The standard InChI is InChI=1S/C26H27N3O3.C26H27N3O2/c1-18-5-9-21(10-6-18)22-13-23(15-24(14-22)26(31)28-11-3-4-12-28)25(30)27-16-20-8-7-19(2)29(32)17-20;1-18-5-9-21(10-6-18)22-13-23(15-24(14-22)26(31)29-11-3-4-12-29)25(30)28-17-20-8-7-19(2)27-16-20/h5-10,13-15,17H,3-4,11-12,16H2,1-2H3,(H-,27,30,32);5-10,13-16H,3-4,11-12,17H2,1-2H3,(H,28,30)/p+1. The molecule has 2 saturated heterocycles. The molecule has 322 valence electrons. The number of nitrogens with one attached hydrogen (secondary N) is 2. The number of amides is 4. The fourth-order valence-electron chi connectivity index (χ4n) is 7.68. The van der Waals surface area contributed by atoms with Crippen LogP contribution >= 0.6 is 0 Å². The van der Waals surface area contributed by atoms with Gasteiger partial charge >= 0.3 is 0 Å². The monoisotopic (exact) mass is 843 g/mol. The van der Waals surface area contributed by atoms with Gasteiger partial charge < -0.3 is 20.4 Å². The lowest BCUT2D eigenvalue weighted by atomic mass is 9.98. The lowest BCUT2D eigenvalue weighted by Crippen LogP contribution is -2.34. The largest absolute Gasteiger partial charge is 0.348 e. The molecule has 6 aromatic rings. The van der Waals surface area contributed by atoms with Crippen LogP contribution in [0.3, 0.4) is 0 Å². The first-order valence-corrected chi connectivity index (χ1v) is 21.6. The molecule has 0 aliphatic carbocycles. The topological polar surface area (TPSA) is 136 Å². The molecule has 0 spiro atoms. The van der Waals surface area contributed by atoms with Gasteiger partial charge in [0.2, 0.25) is 11.9 Å². The van der Waals surface area contributed by atoms with Crippen molar-refractivity contribution < 1.29 is 29.1 Å². The van der Waals surface area contributed by atoms with E-state index >= 15 is 0 Å². The second-order valence-corrected chi connectivity index (χ2v) is 16.5. The summed E-state index contributed by atoms with van der Waals surface area (Å²) in [7, 11) is 0. The van der Waals surface area contributed by atoms with Crippen LogP contribution in [0.1, 0.15) is 101 Å². The first kappa shape index (κ1) is 43.9. The van der Waals surface area contributed by atoms with Crippen LogP contribution in [-0.4, -0.2) is 69.8 Å². The third-order valence-corrected chi connectivity index (χ3v) is 11.5. The molecule has 0 saturated carbocycles. The minimum absolute atomic E-state index is 0.0109. The molecular formula is C52H55N6O5+. The van der Waals surface area contributed by atoms with Crippen molar-refractivity contribution in [3.63, 3.8) is 0 Å². The highest BCUT2D eigenvalue weighted by Crippen LogP contribution is 2.27. The average Bonchev–Trinajstić information content (AvgIpc) is 4.06. The Morgan fingerprint density at radius 2 is 0.968 bits per heavy atom. The van der Waals surface area contributed by atoms with Gasteiger partial charge in [0.05, 0.1) is 0 Å². The van der Waals surface area contributed by atoms with Crippen LogP contribution in [0.5, 0.6) is 0 Å². The van der Waals surface area contributed by atoms with Gasteiger partial charge in [0.1, 0.15) is 0 Å². The first-order chi connectivity index (χ1) is 30.4. The molecule has 3 N–H and O–H groups in total. The van der Waals surface area contributed by atoms with Crippen LogP contribution in [0.25, 0.3) is 22.3 Å². The maximum absolute atomic E-state index is 13.1. The van der Waals surface area contributed by atoms with Gasteiger partial charge in [0, 0.05) is 96.7 Å². The quantitative estimate of drug-likeness (QED) is 0.0941. The van der Waals surface area contributed by atoms with E-state index in [-0.39, 0.29) is 30.2 Å². The molecule has 4 heterocycles. The Kier molecular flexibility index (Phi) is 14.1. The normalized spacial score (nSPS) is 13.3. The molecule has 4 amide bonds. The van der Waals surface area contributed by atoms with E-state index < -0.39 is 0 Å². The highest BCUT2D eigenvalue weighted by molar-refractivity contribution is 6.02. The molecule has 11 heteroatoms. The van der Waals surface area contributed by atoms with Crippen LogP contribution in [0.2, 0.25) is 0 Å². The van der Waals surface area contributed by atoms with Crippen molar-refractivity contribution in [1.82, 2.24) is 25.4 Å². The summed E-state index contributed by atoms with van der Waals surface area (Å²) < 4.78 is 1.03. The number of pyridine rings is 2. The van der Waals surface area contributed by atoms with E-state index in [0.717, 1.165) is 107 Å². The summed E-state index contributed by atoms with van der Waals surface area (Å²) >= 11 is 0. The maximum atomic E-state index is 13.1. The number of aromatic nitrogens is 2. The van der Waals surface area contributed by atoms with E-state index in [0.29, 0.717) is 34.5 Å². The third-order valence-electron chi connectivity index (χ3n) is 11.5. The van der Waals surface area contributed by atoms with Crippen molar-refractivity contribution in [3.8, 4) is 22.3 Å². The van der Waals surface area contributed by atoms with Gasteiger partial charge in [-0.2, -0.15) is 0 Å². The van der Waals surface area contributed by atoms with Crippen LogP contribution in [0.4, 0.5) is 0 Å². The SMILES string of the molecule is Cc1ccc(-c2cc(C(=O)NCc3ccc(C)[n+](O)c3)cc(C(=O)N3CCCC3)c2)cc1.Cc1ccc(-c2cc(C(=O)NCc3ccc(C)nc3)cc(C(=O)N3CCCC3)c2)cc1. The first-order valence-electron chi connectivity index (χ1n) is 21.6. The zero-order valence-electron chi connectivity index (χ0n) is 36.5. The summed E-state index contributed by atoms with van der Waals surface area (Å²) in [5.41, 5.74) is 11.3. The van der Waals surface area contributed by atoms with Crippen LogP contribution in [-0.2, 0) is 13.1 Å². The Balaban J connectivity index is 0.000000189. The predicted octanol–water partition coefficient (Wildman–Crippen LogP) is 8.19. The van der Waals surface area contributed by atoms with E-state index in [9.17, 15) is 24.4 Å². The third kappa shape index (κ3) is 11.4. The zero-order valence-corrected chi connectivity index (χ0v) is 36.5. The molecule has 2 fully saturated rings. The zero-order chi connectivity index (χ0) is 44.5. The van der Waals surface area contributed by atoms with Crippen molar-refractivity contribution in [1.29, 1.82) is 0 Å². The van der Waals surface area contributed by atoms with Gasteiger partial charge in [-0.05, 0) is 123 Å². The second kappa shape index (κ2) is 20.2. The van der Waals surface area contributed by atoms with Crippen molar-refractivity contribution in [2.24, 2.45) is 0 Å². The smallest absolute Gasteiger partial charge is 0.253 e. The van der Waals surface area contributed by atoms with Crippen LogP contribution in [0, 0.1) is 27.7 Å². The van der Waals surface area contributed by atoms with E-state index in [4.69, 9.17) is 0 Å². The highest BCUT2D eigenvalue weighted by atomic mass is 16.5. The van der Waals surface area contributed by atoms with E-state index in [2.05, 4.69) is 15.6 Å². The molecule has 11 nitrogen and oxygen atoms in total. The summed E-state index contributed by atoms with van der Waals surface area (Å²) in [6, 6.07) is 34.5. The number of hydrogen-bond donors (Lipinski definition) is 3. The number of carbonyl (C=O) groups is 4. The van der Waals surface area contributed by atoms with Crippen molar-refractivity contribution in [2.75, 3.05) is 26.2 Å². The molecule has 8 rings (SSSR count). The number of rotatable bonds is 10. The van der Waals surface area contributed by atoms with Crippen LogP contribution in [0.15, 0.2) is 122 Å². The minimum atomic E-state index is -0.264. The summed E-state index contributed by atoms with van der Waals surface area (Å²) in [5, 5.41) is 15.7. The molecule has 4 aromatic carbocycles. The number of likely N-dealkylation sites (tertiary alicyclic amines) is 2. The Morgan fingerprint density at radius 1 is 0.540 bits per heavy atom. The van der Waals surface area contributed by atoms with Gasteiger partial charge in [-0.1, -0.05) is 65.7 Å². The molecule has 63 heavy (non-hydrogen) atoms. The molecule has 2 aliphatic rings. The Morgan fingerprint density at radius 3 is 1.40 bits per heavy atom. The fourth-order valence-corrected chi connectivity index (χ4v) is 7.68. The van der Waals surface area contributed by atoms with E-state index in [1.807, 2.05) is 122 Å². The molecule has 0 unspecified atom stereocenters. The second-order valence-electron chi connectivity index (χ2n) is 16.5. The molecular weight excluding hydrogens is 789 g/mol. The van der Waals surface area contributed by atoms with Crippen molar-refractivity contribution in [3.05, 3.63) is 177 Å².